The highest BCUT2D eigenvalue weighted by Gasteiger charge is 2.34. The van der Waals surface area contributed by atoms with Crippen LogP contribution in [-0.2, 0) is 10.0 Å². The first-order valence-electron chi connectivity index (χ1n) is 6.63. The van der Waals surface area contributed by atoms with Gasteiger partial charge in [0, 0.05) is 13.1 Å². The number of nitrogens with zero attached hydrogens (tertiary/aromatic N) is 1. The van der Waals surface area contributed by atoms with E-state index in [1.807, 2.05) is 0 Å². The van der Waals surface area contributed by atoms with Gasteiger partial charge in [-0.25, -0.2) is 12.8 Å². The molecule has 0 radical (unpaired) electrons. The molecule has 0 spiro atoms. The van der Waals surface area contributed by atoms with Gasteiger partial charge in [0.05, 0.1) is 4.90 Å². The van der Waals surface area contributed by atoms with Crippen LogP contribution < -0.4 is 0 Å². The fourth-order valence-electron chi connectivity index (χ4n) is 2.38. The second kappa shape index (κ2) is 5.21. The van der Waals surface area contributed by atoms with Crippen LogP contribution >= 0.6 is 0 Å². The normalized spacial score (nSPS) is 20.4. The molecule has 0 atom stereocenters. The highest BCUT2D eigenvalue weighted by atomic mass is 32.2. The number of halogens is 1. The van der Waals surface area contributed by atoms with Crippen LogP contribution in [0.5, 0.6) is 0 Å². The van der Waals surface area contributed by atoms with Crippen LogP contribution in [0.1, 0.15) is 33.1 Å². The third-order valence-electron chi connectivity index (χ3n) is 4.23. The average Bonchev–Trinajstić information content (AvgIpc) is 2.40. The lowest BCUT2D eigenvalue weighted by molar-refractivity contribution is 0.169. The summed E-state index contributed by atoms with van der Waals surface area (Å²) in [6, 6.07) is 5.04. The summed E-state index contributed by atoms with van der Waals surface area (Å²) in [5.74, 6) is -0.420. The molecule has 0 aliphatic carbocycles. The highest BCUT2D eigenvalue weighted by molar-refractivity contribution is 7.89. The third-order valence-corrected chi connectivity index (χ3v) is 6.15. The van der Waals surface area contributed by atoms with Gasteiger partial charge in [0.15, 0.2) is 0 Å². The van der Waals surface area contributed by atoms with Crippen molar-refractivity contribution in [3.8, 4) is 0 Å². The number of rotatable bonds is 3. The van der Waals surface area contributed by atoms with Crippen molar-refractivity contribution in [1.29, 1.82) is 0 Å². The predicted octanol–water partition coefficient (Wildman–Crippen LogP) is 3.03. The molecule has 1 heterocycles. The van der Waals surface area contributed by atoms with Crippen LogP contribution in [0.4, 0.5) is 4.39 Å². The molecule has 1 aromatic rings. The van der Waals surface area contributed by atoms with Crippen molar-refractivity contribution < 1.29 is 12.8 Å². The summed E-state index contributed by atoms with van der Waals surface area (Å²) in [5, 5.41) is 0. The van der Waals surface area contributed by atoms with E-state index in [4.69, 9.17) is 0 Å². The van der Waals surface area contributed by atoms with Gasteiger partial charge in [0.25, 0.3) is 0 Å². The number of hydrogen-bond donors (Lipinski definition) is 0. The Labute approximate surface area is 114 Å². The van der Waals surface area contributed by atoms with Crippen LogP contribution in [0, 0.1) is 11.2 Å². The fourth-order valence-corrected chi connectivity index (χ4v) is 3.82. The molecule has 0 N–H and O–H groups in total. The van der Waals surface area contributed by atoms with Crippen LogP contribution in [0.3, 0.4) is 0 Å². The van der Waals surface area contributed by atoms with Crippen molar-refractivity contribution in [2.24, 2.45) is 5.41 Å². The summed E-state index contributed by atoms with van der Waals surface area (Å²) in [4.78, 5) is 0.175. The Morgan fingerprint density at radius 2 is 1.74 bits per heavy atom. The minimum absolute atomic E-state index is 0.175. The van der Waals surface area contributed by atoms with Crippen LogP contribution in [0.2, 0.25) is 0 Å². The Bertz CT molecular complexity index is 531. The van der Waals surface area contributed by atoms with Gasteiger partial charge in [-0.3, -0.25) is 0 Å². The van der Waals surface area contributed by atoms with Crippen LogP contribution in [-0.4, -0.2) is 25.8 Å². The van der Waals surface area contributed by atoms with Gasteiger partial charge in [-0.1, -0.05) is 20.3 Å². The maximum Gasteiger partial charge on any atom is 0.243 e. The van der Waals surface area contributed by atoms with E-state index in [0.717, 1.165) is 19.3 Å². The van der Waals surface area contributed by atoms with Crippen molar-refractivity contribution in [3.63, 3.8) is 0 Å². The van der Waals surface area contributed by atoms with E-state index in [0.29, 0.717) is 13.1 Å². The molecule has 106 valence electrons. The Balaban J connectivity index is 2.16. The molecule has 0 amide bonds. The predicted molar refractivity (Wildman–Crippen MR) is 72.8 cm³/mol. The summed E-state index contributed by atoms with van der Waals surface area (Å²) in [6.45, 7) is 5.44. The van der Waals surface area contributed by atoms with Crippen molar-refractivity contribution >= 4 is 10.0 Å². The molecule has 0 aromatic heterocycles. The smallest absolute Gasteiger partial charge is 0.207 e. The number of sulfonamides is 1. The van der Waals surface area contributed by atoms with Crippen LogP contribution in [0.25, 0.3) is 0 Å². The quantitative estimate of drug-likeness (QED) is 0.856. The van der Waals surface area contributed by atoms with E-state index >= 15 is 0 Å². The minimum Gasteiger partial charge on any atom is -0.207 e. The molecular formula is C14H20FNO2S. The molecular weight excluding hydrogens is 265 g/mol. The van der Waals surface area contributed by atoms with Crippen LogP contribution in [0.15, 0.2) is 29.2 Å². The van der Waals surface area contributed by atoms with E-state index < -0.39 is 15.8 Å². The molecule has 1 fully saturated rings. The second-order valence-corrected chi connectivity index (χ2v) is 7.46. The zero-order valence-corrected chi connectivity index (χ0v) is 12.2. The largest absolute Gasteiger partial charge is 0.243 e. The van der Waals surface area contributed by atoms with E-state index in [-0.39, 0.29) is 10.3 Å². The lowest BCUT2D eigenvalue weighted by atomic mass is 9.79. The summed E-state index contributed by atoms with van der Waals surface area (Å²) in [5.41, 5.74) is 0.245. The monoisotopic (exact) mass is 285 g/mol. The minimum atomic E-state index is -3.47. The Morgan fingerprint density at radius 1 is 1.21 bits per heavy atom. The zero-order valence-electron chi connectivity index (χ0n) is 11.4. The summed E-state index contributed by atoms with van der Waals surface area (Å²) in [7, 11) is -3.47. The number of piperidine rings is 1. The van der Waals surface area contributed by atoms with Gasteiger partial charge in [-0.2, -0.15) is 4.31 Å². The van der Waals surface area contributed by atoms with Gasteiger partial charge in [-0.15, -0.1) is 0 Å². The van der Waals surface area contributed by atoms with E-state index in [9.17, 15) is 12.8 Å². The maximum atomic E-state index is 12.9. The molecule has 1 aliphatic rings. The zero-order chi connectivity index (χ0) is 14.1. The van der Waals surface area contributed by atoms with Crippen molar-refractivity contribution in [2.75, 3.05) is 13.1 Å². The van der Waals surface area contributed by atoms with E-state index in [2.05, 4.69) is 13.8 Å². The molecule has 2 rings (SSSR count). The van der Waals surface area contributed by atoms with Gasteiger partial charge < -0.3 is 0 Å². The van der Waals surface area contributed by atoms with Gasteiger partial charge in [-0.05, 0) is 42.5 Å². The topological polar surface area (TPSA) is 37.4 Å². The fraction of sp³-hybridized carbons (Fsp3) is 0.571. The van der Waals surface area contributed by atoms with Crippen molar-refractivity contribution in [3.05, 3.63) is 30.1 Å². The lowest BCUT2D eigenvalue weighted by Crippen LogP contribution is -2.41. The molecule has 19 heavy (non-hydrogen) atoms. The molecule has 1 aromatic carbocycles. The standard InChI is InChI=1S/C14H20FNO2S/c1-3-14(2)8-10-16(11-9-14)19(17,18)13-6-4-12(15)5-7-13/h4-7H,3,8-11H2,1-2H3. The van der Waals surface area contributed by atoms with Gasteiger partial charge in [0.1, 0.15) is 5.82 Å². The first-order chi connectivity index (χ1) is 8.87. The first kappa shape index (κ1) is 14.5. The molecule has 0 bridgehead atoms. The lowest BCUT2D eigenvalue weighted by Gasteiger charge is -2.38. The average molecular weight is 285 g/mol. The molecule has 3 nitrogen and oxygen atoms in total. The SMILES string of the molecule is CCC1(C)CCN(S(=O)(=O)c2ccc(F)cc2)CC1. The van der Waals surface area contributed by atoms with Crippen molar-refractivity contribution in [1.82, 2.24) is 4.31 Å². The third kappa shape index (κ3) is 2.98. The maximum absolute atomic E-state index is 12.9. The first-order valence-corrected chi connectivity index (χ1v) is 8.07. The molecule has 1 aliphatic heterocycles. The molecule has 5 heteroatoms. The second-order valence-electron chi connectivity index (χ2n) is 5.52. The molecule has 0 saturated carbocycles. The Hall–Kier alpha value is -0.940. The van der Waals surface area contributed by atoms with E-state index in [1.54, 1.807) is 0 Å². The van der Waals surface area contributed by atoms with E-state index in [1.165, 1.54) is 28.6 Å². The Kier molecular flexibility index (Phi) is 3.97. The summed E-state index contributed by atoms with van der Waals surface area (Å²) < 4.78 is 39.2. The summed E-state index contributed by atoms with van der Waals surface area (Å²) in [6.07, 6.45) is 2.82. The highest BCUT2D eigenvalue weighted by Crippen LogP contribution is 2.35. The van der Waals surface area contributed by atoms with Gasteiger partial charge in [0.2, 0.25) is 10.0 Å². The molecule has 1 saturated heterocycles. The number of hydrogen-bond acceptors (Lipinski definition) is 2. The molecule has 0 unspecified atom stereocenters. The summed E-state index contributed by atoms with van der Waals surface area (Å²) >= 11 is 0. The van der Waals surface area contributed by atoms with Crippen molar-refractivity contribution in [2.45, 2.75) is 38.0 Å². The Morgan fingerprint density at radius 3 is 2.21 bits per heavy atom. The number of benzene rings is 1. The van der Waals surface area contributed by atoms with Gasteiger partial charge >= 0.3 is 0 Å².